The molecule has 0 radical (unpaired) electrons. The van der Waals surface area contributed by atoms with Crippen LogP contribution in [0.3, 0.4) is 0 Å². The van der Waals surface area contributed by atoms with Crippen molar-refractivity contribution >= 4 is 0 Å². The maximum absolute atomic E-state index is 12.9. The van der Waals surface area contributed by atoms with Crippen LogP contribution in [-0.4, -0.2) is 16.2 Å². The highest BCUT2D eigenvalue weighted by Crippen LogP contribution is 2.15. The first-order valence-electron chi connectivity index (χ1n) is 3.66. The third-order valence-corrected chi connectivity index (χ3v) is 1.68. The number of halogens is 1. The molecule has 0 bridgehead atoms. The quantitative estimate of drug-likeness (QED) is 0.683. The number of nitrogens with zero attached hydrogens (tertiary/aromatic N) is 1. The molecule has 0 fully saturated rings. The van der Waals surface area contributed by atoms with Gasteiger partial charge in [0.2, 0.25) is 0 Å². The smallest absolute Gasteiger partial charge is 0.146 e. The number of aromatic nitrogens is 1. The number of nitrogens with two attached hydrogens (primary N) is 1. The molecule has 4 heteroatoms. The monoisotopic (exact) mass is 170 g/mol. The van der Waals surface area contributed by atoms with E-state index in [4.69, 9.17) is 10.8 Å². The molecule has 2 atom stereocenters. The Morgan fingerprint density at radius 1 is 1.67 bits per heavy atom. The highest BCUT2D eigenvalue weighted by atomic mass is 19.1. The SMILES string of the molecule is C[C@H](O)[C@@H](N)c1ccncc1F. The van der Waals surface area contributed by atoms with Gasteiger partial charge in [0.1, 0.15) is 5.82 Å². The van der Waals surface area contributed by atoms with Crippen molar-refractivity contribution in [1.29, 1.82) is 0 Å². The van der Waals surface area contributed by atoms with Crippen LogP contribution >= 0.6 is 0 Å². The first kappa shape index (κ1) is 9.09. The van der Waals surface area contributed by atoms with E-state index in [1.165, 1.54) is 19.2 Å². The van der Waals surface area contributed by atoms with Gasteiger partial charge in [-0.2, -0.15) is 0 Å². The summed E-state index contributed by atoms with van der Waals surface area (Å²) < 4.78 is 12.9. The lowest BCUT2D eigenvalue weighted by atomic mass is 10.0. The van der Waals surface area contributed by atoms with Crippen molar-refractivity contribution in [2.75, 3.05) is 0 Å². The Hall–Kier alpha value is -1.00. The van der Waals surface area contributed by atoms with E-state index in [2.05, 4.69) is 4.98 Å². The van der Waals surface area contributed by atoms with Crippen LogP contribution < -0.4 is 5.73 Å². The van der Waals surface area contributed by atoms with Gasteiger partial charge < -0.3 is 10.8 Å². The topological polar surface area (TPSA) is 59.1 Å². The molecule has 0 aliphatic carbocycles. The molecule has 1 heterocycles. The molecule has 0 aromatic carbocycles. The third kappa shape index (κ3) is 1.78. The summed E-state index contributed by atoms with van der Waals surface area (Å²) in [6, 6.07) is 0.778. The molecule has 0 aliphatic rings. The number of hydrogen-bond donors (Lipinski definition) is 2. The number of rotatable bonds is 2. The summed E-state index contributed by atoms with van der Waals surface area (Å²) in [6.07, 6.45) is 1.76. The summed E-state index contributed by atoms with van der Waals surface area (Å²) in [5.74, 6) is -0.481. The molecule has 66 valence electrons. The molecule has 0 unspecified atom stereocenters. The maximum atomic E-state index is 12.9. The molecule has 0 aliphatic heterocycles. The van der Waals surface area contributed by atoms with E-state index >= 15 is 0 Å². The summed E-state index contributed by atoms with van der Waals surface area (Å²) in [6.45, 7) is 1.52. The molecular formula is C8H11FN2O. The van der Waals surface area contributed by atoms with E-state index in [0.717, 1.165) is 6.20 Å². The van der Waals surface area contributed by atoms with Gasteiger partial charge in [0, 0.05) is 11.8 Å². The summed E-state index contributed by atoms with van der Waals surface area (Å²) >= 11 is 0. The van der Waals surface area contributed by atoms with Crippen LogP contribution in [0.2, 0.25) is 0 Å². The van der Waals surface area contributed by atoms with Gasteiger partial charge in [0.05, 0.1) is 18.3 Å². The van der Waals surface area contributed by atoms with Crippen LogP contribution in [0, 0.1) is 5.82 Å². The Labute approximate surface area is 70.0 Å². The van der Waals surface area contributed by atoms with Crippen molar-refractivity contribution < 1.29 is 9.50 Å². The fraction of sp³-hybridized carbons (Fsp3) is 0.375. The largest absolute Gasteiger partial charge is 0.391 e. The molecule has 0 amide bonds. The number of hydrogen-bond acceptors (Lipinski definition) is 3. The minimum Gasteiger partial charge on any atom is -0.391 e. The fourth-order valence-corrected chi connectivity index (χ4v) is 0.916. The molecule has 1 aromatic heterocycles. The van der Waals surface area contributed by atoms with E-state index < -0.39 is 18.0 Å². The number of pyridine rings is 1. The minimum atomic E-state index is -0.762. The molecule has 3 N–H and O–H groups in total. The second kappa shape index (κ2) is 3.60. The van der Waals surface area contributed by atoms with E-state index in [1.807, 2.05) is 0 Å². The van der Waals surface area contributed by atoms with Crippen LogP contribution in [-0.2, 0) is 0 Å². The molecule has 1 aromatic rings. The van der Waals surface area contributed by atoms with Gasteiger partial charge in [-0.3, -0.25) is 4.98 Å². The van der Waals surface area contributed by atoms with E-state index in [9.17, 15) is 4.39 Å². The van der Waals surface area contributed by atoms with Crippen LogP contribution in [0.4, 0.5) is 4.39 Å². The van der Waals surface area contributed by atoms with Crippen LogP contribution in [0.15, 0.2) is 18.5 Å². The lowest BCUT2D eigenvalue weighted by Crippen LogP contribution is -2.24. The Balaban J connectivity index is 2.94. The fourth-order valence-electron chi connectivity index (χ4n) is 0.916. The van der Waals surface area contributed by atoms with Gasteiger partial charge in [-0.05, 0) is 13.0 Å². The van der Waals surface area contributed by atoms with Crippen LogP contribution in [0.5, 0.6) is 0 Å². The molecule has 3 nitrogen and oxygen atoms in total. The lowest BCUT2D eigenvalue weighted by Gasteiger charge is -2.14. The van der Waals surface area contributed by atoms with Gasteiger partial charge in [-0.15, -0.1) is 0 Å². The Kier molecular flexibility index (Phi) is 2.73. The van der Waals surface area contributed by atoms with Gasteiger partial charge in [0.15, 0.2) is 0 Å². The molecule has 12 heavy (non-hydrogen) atoms. The maximum Gasteiger partial charge on any atom is 0.146 e. The van der Waals surface area contributed by atoms with Crippen LogP contribution in [0.1, 0.15) is 18.5 Å². The van der Waals surface area contributed by atoms with Crippen molar-refractivity contribution in [1.82, 2.24) is 4.98 Å². The molecular weight excluding hydrogens is 159 g/mol. The predicted molar refractivity (Wildman–Crippen MR) is 42.8 cm³/mol. The normalized spacial score (nSPS) is 15.7. The zero-order chi connectivity index (χ0) is 9.14. The molecule has 0 saturated heterocycles. The summed E-state index contributed by atoms with van der Waals surface area (Å²) in [7, 11) is 0. The predicted octanol–water partition coefficient (Wildman–Crippen LogP) is 0.601. The second-order valence-corrected chi connectivity index (χ2v) is 2.66. The Morgan fingerprint density at radius 3 is 2.83 bits per heavy atom. The zero-order valence-electron chi connectivity index (χ0n) is 6.74. The highest BCUT2D eigenvalue weighted by molar-refractivity contribution is 5.17. The average Bonchev–Trinajstić information content (AvgIpc) is 2.04. The van der Waals surface area contributed by atoms with Crippen molar-refractivity contribution in [3.63, 3.8) is 0 Å². The van der Waals surface area contributed by atoms with Crippen LogP contribution in [0.25, 0.3) is 0 Å². The third-order valence-electron chi connectivity index (χ3n) is 1.68. The lowest BCUT2D eigenvalue weighted by molar-refractivity contribution is 0.162. The van der Waals surface area contributed by atoms with Gasteiger partial charge in [-0.25, -0.2) is 4.39 Å². The van der Waals surface area contributed by atoms with E-state index in [0.29, 0.717) is 5.56 Å². The zero-order valence-corrected chi connectivity index (χ0v) is 6.74. The molecule has 0 saturated carbocycles. The molecule has 0 spiro atoms. The standard InChI is InChI=1S/C8H11FN2O/c1-5(12)8(10)6-2-3-11-4-7(6)9/h2-5,8,12H,10H2,1H3/t5-,8+/m0/s1. The Morgan fingerprint density at radius 2 is 2.33 bits per heavy atom. The Bertz CT molecular complexity index is 265. The second-order valence-electron chi connectivity index (χ2n) is 2.66. The number of aliphatic hydroxyl groups excluding tert-OH is 1. The van der Waals surface area contributed by atoms with Crippen molar-refractivity contribution in [3.8, 4) is 0 Å². The van der Waals surface area contributed by atoms with Gasteiger partial charge in [-0.1, -0.05) is 0 Å². The average molecular weight is 170 g/mol. The summed E-state index contributed by atoms with van der Waals surface area (Å²) in [5, 5.41) is 9.09. The molecule has 1 rings (SSSR count). The van der Waals surface area contributed by atoms with E-state index in [-0.39, 0.29) is 0 Å². The van der Waals surface area contributed by atoms with Gasteiger partial charge in [0.25, 0.3) is 0 Å². The minimum absolute atomic E-state index is 0.292. The highest BCUT2D eigenvalue weighted by Gasteiger charge is 2.15. The number of aliphatic hydroxyl groups is 1. The van der Waals surface area contributed by atoms with Crippen molar-refractivity contribution in [3.05, 3.63) is 29.8 Å². The van der Waals surface area contributed by atoms with E-state index in [1.54, 1.807) is 0 Å². The first-order valence-corrected chi connectivity index (χ1v) is 3.66. The summed E-state index contributed by atoms with van der Waals surface area (Å²) in [4.78, 5) is 3.57. The van der Waals surface area contributed by atoms with Crippen molar-refractivity contribution in [2.24, 2.45) is 5.73 Å². The summed E-state index contributed by atoms with van der Waals surface area (Å²) in [5.41, 5.74) is 5.81. The van der Waals surface area contributed by atoms with Crippen molar-refractivity contribution in [2.45, 2.75) is 19.1 Å². The first-order chi connectivity index (χ1) is 5.63. The van der Waals surface area contributed by atoms with Gasteiger partial charge >= 0.3 is 0 Å².